The first-order valence-electron chi connectivity index (χ1n) is 45.3. The first-order valence-corrected chi connectivity index (χ1v) is 45.3. The Balaban J connectivity index is 0.000000132. The Morgan fingerprint density at radius 2 is 0.756 bits per heavy atom. The Morgan fingerprint density at radius 1 is 0.420 bits per heavy atom. The minimum Gasteiger partial charge on any atom is -0.507 e. The highest BCUT2D eigenvalue weighted by Crippen LogP contribution is 2.42. The summed E-state index contributed by atoms with van der Waals surface area (Å²) >= 11 is 0. The molecule has 2 aliphatic carbocycles. The van der Waals surface area contributed by atoms with Crippen molar-refractivity contribution in [2.24, 2.45) is 0 Å². The average Bonchev–Trinajstić information content (AvgIpc) is 1.66. The summed E-state index contributed by atoms with van der Waals surface area (Å²) in [6.45, 7) is 35.7. The molecule has 3 fully saturated rings. The fourth-order valence-electron chi connectivity index (χ4n) is 17.0. The van der Waals surface area contributed by atoms with Gasteiger partial charge >= 0.3 is 0 Å². The number of likely N-dealkylation sites (N-methyl/N-ethyl adjacent to an activating group) is 1. The topological polar surface area (TPSA) is 291 Å². The number of nitrogens with zero attached hydrogens (tertiary/aromatic N) is 12. The van der Waals surface area contributed by atoms with Gasteiger partial charge in [0.15, 0.2) is 12.6 Å². The van der Waals surface area contributed by atoms with E-state index in [-0.39, 0.29) is 35.2 Å². The summed E-state index contributed by atoms with van der Waals surface area (Å²) in [5.41, 5.74) is 22.3. The van der Waals surface area contributed by atoms with E-state index in [1.165, 1.54) is 71.1 Å². The number of amides is 1. The number of hydrogen-bond acceptors (Lipinski definition) is 21. The number of carbonyl (C=O) groups is 3. The SMILES string of the molecule is C=Cc1c(O)cccc1OCC1=C(c2ccnn2C2CC2)COCC1.C=Cc1c(O)cccc1OCC1=C(c2ccnn2C2CCC2)COCC1.C=Cc1c(O)cccc1OCC1=C(c2ccnn2C2COC2)COCC1.CC(=O)N1CCC(COc2cccc(C)c2C=O)=C(c2ccnn2C(C)C)C1.Cc1cccc(OCC2=C(c3ccnn3C(C)C)CN(C)CC2)c1C=O. The van der Waals surface area contributed by atoms with Crippen molar-refractivity contribution in [3.05, 3.63) is 267 Å². The molecule has 0 spiro atoms. The van der Waals surface area contributed by atoms with Crippen LogP contribution in [0.4, 0.5) is 0 Å². The number of aromatic nitrogens is 10. The number of phenols is 3. The number of phenolic OH excluding ortho intramolecular Hbond substituents is 3. The van der Waals surface area contributed by atoms with E-state index in [9.17, 15) is 29.7 Å². The summed E-state index contributed by atoms with van der Waals surface area (Å²) in [5, 5.41) is 52.3. The molecule has 1 saturated heterocycles. The van der Waals surface area contributed by atoms with Gasteiger partial charge in [-0.15, -0.1) is 0 Å². The fourth-order valence-corrected chi connectivity index (χ4v) is 17.0. The monoisotopic (exact) mass is 1780 g/mol. The molecule has 0 unspecified atom stereocenters. The molecule has 2 saturated carbocycles. The van der Waals surface area contributed by atoms with E-state index in [1.54, 1.807) is 67.7 Å². The van der Waals surface area contributed by atoms with Crippen molar-refractivity contribution in [1.82, 2.24) is 58.7 Å². The number of hydrogen-bond donors (Lipinski definition) is 3. The van der Waals surface area contributed by atoms with Crippen LogP contribution in [-0.2, 0) is 23.7 Å². The molecule has 27 nitrogen and oxygen atoms in total. The molecule has 0 bridgehead atoms. The highest BCUT2D eigenvalue weighted by molar-refractivity contribution is 5.83. The van der Waals surface area contributed by atoms with Crippen molar-refractivity contribution in [2.45, 2.75) is 143 Å². The lowest BCUT2D eigenvalue weighted by Gasteiger charge is -2.31. The van der Waals surface area contributed by atoms with E-state index < -0.39 is 0 Å². The molecule has 18 rings (SSSR count). The number of ether oxygens (including phenoxy) is 9. The van der Waals surface area contributed by atoms with Crippen molar-refractivity contribution >= 4 is 64.6 Å². The Kier molecular flexibility index (Phi) is 32.4. The Hall–Kier alpha value is -12.9. The minimum atomic E-state index is 0.0648. The summed E-state index contributed by atoms with van der Waals surface area (Å²) in [7, 11) is 2.14. The highest BCUT2D eigenvalue weighted by atomic mass is 16.5. The van der Waals surface area contributed by atoms with Crippen LogP contribution in [0, 0.1) is 13.8 Å². The number of aromatic hydroxyl groups is 3. The molecule has 0 atom stereocenters. The third-order valence-corrected chi connectivity index (χ3v) is 24.9. The van der Waals surface area contributed by atoms with Crippen molar-refractivity contribution in [3.8, 4) is 46.0 Å². The van der Waals surface area contributed by atoms with Crippen LogP contribution in [0.2, 0.25) is 0 Å². The fraction of sp³-hybridized carbons (Fsp3) is 0.385. The molecule has 1 amide bonds. The van der Waals surface area contributed by atoms with E-state index in [1.807, 2.05) is 120 Å². The van der Waals surface area contributed by atoms with Gasteiger partial charge in [0.05, 0.1) is 127 Å². The second-order valence-corrected chi connectivity index (χ2v) is 34.3. The third kappa shape index (κ3) is 22.9. The minimum absolute atomic E-state index is 0.0648. The molecular formula is C104H122N12O15. The van der Waals surface area contributed by atoms with Gasteiger partial charge in [0, 0.05) is 92.9 Å². The van der Waals surface area contributed by atoms with Gasteiger partial charge in [-0.25, -0.2) is 0 Å². The number of aryl methyl sites for hydroxylation is 2. The van der Waals surface area contributed by atoms with Crippen molar-refractivity contribution in [3.63, 3.8) is 0 Å². The zero-order valence-electron chi connectivity index (χ0n) is 76.5. The predicted octanol–water partition coefficient (Wildman–Crippen LogP) is 18.5. The lowest BCUT2D eigenvalue weighted by Crippen LogP contribution is -2.36. The Labute approximate surface area is 766 Å². The first kappa shape index (κ1) is 94.2. The summed E-state index contributed by atoms with van der Waals surface area (Å²) < 4.78 is 63.0. The molecule has 6 aliphatic heterocycles. The molecule has 27 heteroatoms. The van der Waals surface area contributed by atoms with Crippen LogP contribution < -0.4 is 23.7 Å². The molecule has 10 aromatic rings. The van der Waals surface area contributed by atoms with E-state index in [0.717, 1.165) is 114 Å². The third-order valence-electron chi connectivity index (χ3n) is 24.9. The number of aldehydes is 2. The summed E-state index contributed by atoms with van der Waals surface area (Å²) in [4.78, 5) is 39.0. The molecule has 688 valence electrons. The van der Waals surface area contributed by atoms with E-state index in [2.05, 4.69) is 117 Å². The van der Waals surface area contributed by atoms with Crippen LogP contribution >= 0.6 is 0 Å². The maximum absolute atomic E-state index is 12.0. The number of rotatable bonds is 30. The molecule has 11 heterocycles. The van der Waals surface area contributed by atoms with Gasteiger partial charge in [0.2, 0.25) is 5.91 Å². The molecular weight excluding hydrogens is 1660 g/mol. The van der Waals surface area contributed by atoms with E-state index in [0.29, 0.717) is 174 Å². The Morgan fingerprint density at radius 3 is 1.09 bits per heavy atom. The highest BCUT2D eigenvalue weighted by Gasteiger charge is 2.33. The summed E-state index contributed by atoms with van der Waals surface area (Å²) in [6.07, 6.45) is 26.0. The molecule has 0 radical (unpaired) electrons. The van der Waals surface area contributed by atoms with Crippen LogP contribution in [0.1, 0.15) is 206 Å². The Bertz CT molecular complexity index is 5720. The quantitative estimate of drug-likeness (QED) is 0.0352. The van der Waals surface area contributed by atoms with Gasteiger partial charge in [-0.3, -0.25) is 37.8 Å². The van der Waals surface area contributed by atoms with Crippen molar-refractivity contribution in [1.29, 1.82) is 0 Å². The molecule has 131 heavy (non-hydrogen) atoms. The lowest BCUT2D eigenvalue weighted by molar-refractivity contribution is -0.128. The molecule has 5 aromatic carbocycles. The van der Waals surface area contributed by atoms with Crippen LogP contribution in [0.3, 0.4) is 0 Å². The lowest BCUT2D eigenvalue weighted by atomic mass is 9.92. The van der Waals surface area contributed by atoms with Crippen molar-refractivity contribution in [2.75, 3.05) is 119 Å². The van der Waals surface area contributed by atoms with Gasteiger partial charge in [-0.1, -0.05) is 80.4 Å². The zero-order valence-corrected chi connectivity index (χ0v) is 76.5. The van der Waals surface area contributed by atoms with Gasteiger partial charge in [-0.05, 0) is 242 Å². The van der Waals surface area contributed by atoms with Gasteiger partial charge < -0.3 is 67.8 Å². The number of benzene rings is 5. The summed E-state index contributed by atoms with van der Waals surface area (Å²) in [6, 6.07) is 39.2. The second-order valence-electron chi connectivity index (χ2n) is 34.3. The average molecular weight is 1780 g/mol. The van der Waals surface area contributed by atoms with E-state index >= 15 is 0 Å². The maximum Gasteiger partial charge on any atom is 0.219 e. The van der Waals surface area contributed by atoms with Gasteiger partial charge in [0.25, 0.3) is 0 Å². The molecule has 5 aromatic heterocycles. The normalized spacial score (nSPS) is 16.6. The number of carbonyl (C=O) groups excluding carboxylic acids is 3. The first-order chi connectivity index (χ1) is 63.8. The van der Waals surface area contributed by atoms with E-state index in [4.69, 9.17) is 42.6 Å². The molecule has 3 N–H and O–H groups in total. The van der Waals surface area contributed by atoms with Crippen LogP contribution in [0.5, 0.6) is 46.0 Å². The van der Waals surface area contributed by atoms with Crippen LogP contribution in [-0.4, -0.2) is 212 Å². The van der Waals surface area contributed by atoms with Gasteiger partial charge in [-0.2, -0.15) is 25.5 Å². The smallest absolute Gasteiger partial charge is 0.219 e. The molecule has 8 aliphatic rings. The standard InChI is InChI=1S/C22H27N3O3.C21H27N3O2.C21H24N2O3.C20H22N2O4.C20H22N2O3/c1-15(2)25-21(8-10-23-25)19-12-24(17(4)27)11-9-18(19)14-28-22-7-5-6-16(3)20(22)13-26;1-15(2)24-20(8-10-22-24)18-12-23(4)11-9-17(18)14-26-21-7-5-6-16(3)19(21)13-25;1-2-17-20(24)7-4-8-21(17)26-13-15-10-12-25-14-18(15)19-9-11-22-23(19)16-5-3-6-16;1-2-16-19(23)4-3-5-20(16)26-10-14-7-9-24-13-17(14)18-6-8-21-22(18)15-11-25-12-15;1-2-16-19(23)4-3-5-20(16)25-12-14-9-11-24-13-17(14)18-8-10-21-22(18)15-6-7-15/h5-8,10,13,15H,9,11-12,14H2,1-4H3;5-8,10,13,15H,9,11-12,14H2,1-4H3;2,4,7-9,11,16,24H,1,3,5-6,10,12-14H2;2-6,8,15,23H,1,7,9-13H2;2-5,8,10,15,23H,1,6-7,9,11-13H2. The van der Waals surface area contributed by atoms with Crippen LogP contribution in [0.25, 0.3) is 46.1 Å². The predicted molar refractivity (Wildman–Crippen MR) is 508 cm³/mol. The maximum atomic E-state index is 12.0. The van der Waals surface area contributed by atoms with Gasteiger partial charge in [0.1, 0.15) is 79.0 Å². The summed E-state index contributed by atoms with van der Waals surface area (Å²) in [5.74, 6) is 3.75. The van der Waals surface area contributed by atoms with Crippen LogP contribution in [0.15, 0.2) is 200 Å². The second kappa shape index (κ2) is 45.1. The largest absolute Gasteiger partial charge is 0.507 e. The zero-order chi connectivity index (χ0) is 92.0. The van der Waals surface area contributed by atoms with Crippen molar-refractivity contribution < 1.29 is 72.3 Å².